The molecule has 1 aromatic heterocycles. The van der Waals surface area contributed by atoms with Gasteiger partial charge < -0.3 is 5.32 Å². The van der Waals surface area contributed by atoms with Crippen LogP contribution >= 0.6 is 11.3 Å². The zero-order chi connectivity index (χ0) is 10.1. The van der Waals surface area contributed by atoms with Gasteiger partial charge in [0.2, 0.25) is 0 Å². The van der Waals surface area contributed by atoms with Crippen molar-refractivity contribution in [2.24, 2.45) is 5.92 Å². The minimum Gasteiger partial charge on any atom is -0.385 e. The van der Waals surface area contributed by atoms with Gasteiger partial charge in [0, 0.05) is 12.2 Å². The number of nitrogens with one attached hydrogen (secondary N) is 1. The van der Waals surface area contributed by atoms with E-state index in [1.54, 1.807) is 11.3 Å². The Hall–Kier alpha value is -1.09. The second-order valence-electron chi connectivity index (χ2n) is 4.19. The van der Waals surface area contributed by atoms with Gasteiger partial charge in [-0.25, -0.2) is 4.98 Å². The first-order valence-corrected chi connectivity index (χ1v) is 6.37. The van der Waals surface area contributed by atoms with Crippen LogP contribution in [0.5, 0.6) is 0 Å². The standard InChI is InChI=1S/C12H14N2S/c1-2-9(1)5-6-13-10-3-4-11-12(7-10)15-8-14-11/h3-4,7-9,13H,1-2,5-6H2. The number of fused-ring (bicyclic) bond motifs is 1. The van der Waals surface area contributed by atoms with Crippen molar-refractivity contribution in [1.82, 2.24) is 4.98 Å². The van der Waals surface area contributed by atoms with E-state index >= 15 is 0 Å². The highest BCUT2D eigenvalue weighted by Crippen LogP contribution is 2.32. The normalized spacial score (nSPS) is 15.7. The smallest absolute Gasteiger partial charge is 0.0813 e. The average molecular weight is 218 g/mol. The van der Waals surface area contributed by atoms with Crippen LogP contribution in [-0.2, 0) is 0 Å². The van der Waals surface area contributed by atoms with Crippen LogP contribution in [0.1, 0.15) is 19.3 Å². The summed E-state index contributed by atoms with van der Waals surface area (Å²) in [6.07, 6.45) is 4.20. The molecule has 3 rings (SSSR count). The van der Waals surface area contributed by atoms with E-state index in [0.29, 0.717) is 0 Å². The van der Waals surface area contributed by atoms with Gasteiger partial charge in [-0.2, -0.15) is 0 Å². The lowest BCUT2D eigenvalue weighted by molar-refractivity contribution is 0.760. The highest BCUT2D eigenvalue weighted by atomic mass is 32.1. The maximum absolute atomic E-state index is 4.27. The fraction of sp³-hybridized carbons (Fsp3) is 0.417. The fourth-order valence-corrected chi connectivity index (χ4v) is 2.51. The molecule has 0 radical (unpaired) electrons. The van der Waals surface area contributed by atoms with Crippen LogP contribution in [0.4, 0.5) is 5.69 Å². The largest absolute Gasteiger partial charge is 0.385 e. The molecule has 1 aliphatic carbocycles. The second-order valence-corrected chi connectivity index (χ2v) is 5.08. The van der Waals surface area contributed by atoms with Crippen molar-refractivity contribution < 1.29 is 0 Å². The molecular weight excluding hydrogens is 204 g/mol. The van der Waals surface area contributed by atoms with E-state index in [1.165, 1.54) is 29.6 Å². The number of anilines is 1. The Morgan fingerprint density at radius 3 is 3.20 bits per heavy atom. The number of nitrogens with zero attached hydrogens (tertiary/aromatic N) is 1. The molecule has 1 fully saturated rings. The molecule has 3 heteroatoms. The highest BCUT2D eigenvalue weighted by molar-refractivity contribution is 7.16. The molecule has 0 aliphatic heterocycles. The highest BCUT2D eigenvalue weighted by Gasteiger charge is 2.19. The molecule has 1 aromatic carbocycles. The Labute approximate surface area is 93.3 Å². The van der Waals surface area contributed by atoms with Gasteiger partial charge in [-0.15, -0.1) is 11.3 Å². The third-order valence-electron chi connectivity index (χ3n) is 2.91. The Balaban J connectivity index is 1.67. The Kier molecular flexibility index (Phi) is 2.33. The average Bonchev–Trinajstić information content (AvgIpc) is 2.95. The molecule has 0 saturated heterocycles. The number of hydrogen-bond acceptors (Lipinski definition) is 3. The summed E-state index contributed by atoms with van der Waals surface area (Å²) in [5.41, 5.74) is 4.23. The van der Waals surface area contributed by atoms with Crippen LogP contribution < -0.4 is 5.32 Å². The maximum atomic E-state index is 4.27. The molecule has 0 amide bonds. The first kappa shape index (κ1) is 9.16. The molecule has 2 aromatic rings. The van der Waals surface area contributed by atoms with Crippen molar-refractivity contribution in [3.05, 3.63) is 23.7 Å². The van der Waals surface area contributed by atoms with Gasteiger partial charge in [-0.05, 0) is 30.5 Å². The van der Waals surface area contributed by atoms with E-state index < -0.39 is 0 Å². The van der Waals surface area contributed by atoms with E-state index in [2.05, 4.69) is 28.5 Å². The van der Waals surface area contributed by atoms with Gasteiger partial charge in [0.1, 0.15) is 0 Å². The van der Waals surface area contributed by atoms with Crippen LogP contribution in [0.3, 0.4) is 0 Å². The predicted molar refractivity (Wildman–Crippen MR) is 65.5 cm³/mol. The lowest BCUT2D eigenvalue weighted by Gasteiger charge is -2.05. The van der Waals surface area contributed by atoms with Crippen molar-refractivity contribution >= 4 is 27.2 Å². The summed E-state index contributed by atoms with van der Waals surface area (Å²) >= 11 is 1.70. The van der Waals surface area contributed by atoms with E-state index in [1.807, 2.05) is 5.51 Å². The van der Waals surface area contributed by atoms with Gasteiger partial charge >= 0.3 is 0 Å². The van der Waals surface area contributed by atoms with Crippen molar-refractivity contribution in [2.75, 3.05) is 11.9 Å². The molecular formula is C12H14N2S. The lowest BCUT2D eigenvalue weighted by Crippen LogP contribution is -2.01. The molecule has 0 atom stereocenters. The summed E-state index contributed by atoms with van der Waals surface area (Å²) in [5, 5.41) is 3.48. The van der Waals surface area contributed by atoms with E-state index in [0.717, 1.165) is 18.0 Å². The minimum absolute atomic E-state index is 1.00. The van der Waals surface area contributed by atoms with Gasteiger partial charge in [-0.1, -0.05) is 12.8 Å². The predicted octanol–water partition coefficient (Wildman–Crippen LogP) is 3.51. The molecule has 0 unspecified atom stereocenters. The number of aromatic nitrogens is 1. The topological polar surface area (TPSA) is 24.9 Å². The summed E-state index contributed by atoms with van der Waals surface area (Å²) in [6, 6.07) is 6.40. The number of hydrogen-bond donors (Lipinski definition) is 1. The third-order valence-corrected chi connectivity index (χ3v) is 3.70. The second kappa shape index (κ2) is 3.81. The minimum atomic E-state index is 1.00. The fourth-order valence-electron chi connectivity index (χ4n) is 1.79. The van der Waals surface area contributed by atoms with Crippen molar-refractivity contribution in [3.63, 3.8) is 0 Å². The van der Waals surface area contributed by atoms with Gasteiger partial charge in [-0.3, -0.25) is 0 Å². The molecule has 1 saturated carbocycles. The van der Waals surface area contributed by atoms with Gasteiger partial charge in [0.15, 0.2) is 0 Å². The first-order valence-electron chi connectivity index (χ1n) is 5.49. The Morgan fingerprint density at radius 2 is 2.33 bits per heavy atom. The van der Waals surface area contributed by atoms with Crippen LogP contribution in [0.25, 0.3) is 10.2 Å². The summed E-state index contributed by atoms with van der Waals surface area (Å²) in [7, 11) is 0. The summed E-state index contributed by atoms with van der Waals surface area (Å²) in [5.74, 6) is 1.00. The number of benzene rings is 1. The first-order chi connectivity index (χ1) is 7.42. The molecule has 1 aliphatic rings. The maximum Gasteiger partial charge on any atom is 0.0813 e. The molecule has 2 nitrogen and oxygen atoms in total. The van der Waals surface area contributed by atoms with Crippen molar-refractivity contribution in [3.8, 4) is 0 Å². The zero-order valence-corrected chi connectivity index (χ0v) is 9.39. The summed E-state index contributed by atoms with van der Waals surface area (Å²) in [6.45, 7) is 1.11. The summed E-state index contributed by atoms with van der Waals surface area (Å²) in [4.78, 5) is 4.27. The molecule has 0 bridgehead atoms. The number of rotatable bonds is 4. The zero-order valence-electron chi connectivity index (χ0n) is 8.57. The molecule has 15 heavy (non-hydrogen) atoms. The molecule has 1 heterocycles. The number of thiazole rings is 1. The van der Waals surface area contributed by atoms with E-state index in [9.17, 15) is 0 Å². The van der Waals surface area contributed by atoms with Crippen molar-refractivity contribution in [2.45, 2.75) is 19.3 Å². The monoisotopic (exact) mass is 218 g/mol. The molecule has 78 valence electrons. The molecule has 1 N–H and O–H groups in total. The Bertz CT molecular complexity index is 459. The van der Waals surface area contributed by atoms with Gasteiger partial charge in [0.05, 0.1) is 15.7 Å². The SMILES string of the molecule is c1nc2ccc(NCCC3CC3)cc2s1. The quantitative estimate of drug-likeness (QED) is 0.849. The lowest BCUT2D eigenvalue weighted by atomic mass is 10.2. The third kappa shape index (κ3) is 2.12. The summed E-state index contributed by atoms with van der Waals surface area (Å²) < 4.78 is 1.27. The Morgan fingerprint density at radius 1 is 1.40 bits per heavy atom. The van der Waals surface area contributed by atoms with E-state index in [4.69, 9.17) is 0 Å². The van der Waals surface area contributed by atoms with E-state index in [-0.39, 0.29) is 0 Å². The van der Waals surface area contributed by atoms with Crippen molar-refractivity contribution in [1.29, 1.82) is 0 Å². The van der Waals surface area contributed by atoms with Gasteiger partial charge in [0.25, 0.3) is 0 Å². The molecule has 0 spiro atoms. The van der Waals surface area contributed by atoms with Crippen LogP contribution in [0.2, 0.25) is 0 Å². The van der Waals surface area contributed by atoms with Crippen LogP contribution in [-0.4, -0.2) is 11.5 Å². The van der Waals surface area contributed by atoms with Crippen LogP contribution in [0, 0.1) is 5.92 Å². The van der Waals surface area contributed by atoms with Crippen LogP contribution in [0.15, 0.2) is 23.7 Å².